The molecule has 0 bridgehead atoms. The summed E-state index contributed by atoms with van der Waals surface area (Å²) in [7, 11) is 0. The number of nitrogens with two attached hydrogens (primary N) is 1. The molecule has 1 aromatic heterocycles. The topological polar surface area (TPSA) is 38.9 Å². The molecule has 0 aliphatic rings. The SMILES string of the molecule is CC(C)(C)c1csc(CCCCN)n1. The van der Waals surface area contributed by atoms with E-state index in [1.165, 1.54) is 10.7 Å². The average Bonchev–Trinajstić information content (AvgIpc) is 2.52. The number of aromatic nitrogens is 1. The number of unbranched alkanes of at least 4 members (excludes halogenated alkanes) is 1. The average molecular weight is 212 g/mol. The summed E-state index contributed by atoms with van der Waals surface area (Å²) < 4.78 is 0. The van der Waals surface area contributed by atoms with Crippen LogP contribution in [-0.4, -0.2) is 11.5 Å². The minimum atomic E-state index is 0.183. The van der Waals surface area contributed by atoms with Crippen molar-refractivity contribution in [1.29, 1.82) is 0 Å². The lowest BCUT2D eigenvalue weighted by atomic mass is 9.93. The lowest BCUT2D eigenvalue weighted by Crippen LogP contribution is -2.11. The first-order chi connectivity index (χ1) is 6.54. The highest BCUT2D eigenvalue weighted by molar-refractivity contribution is 7.09. The van der Waals surface area contributed by atoms with Crippen LogP contribution < -0.4 is 5.73 Å². The van der Waals surface area contributed by atoms with Crippen LogP contribution in [0.3, 0.4) is 0 Å². The van der Waals surface area contributed by atoms with Gasteiger partial charge in [-0.25, -0.2) is 4.98 Å². The van der Waals surface area contributed by atoms with Crippen LogP contribution >= 0.6 is 11.3 Å². The van der Waals surface area contributed by atoms with Gasteiger partial charge in [-0.3, -0.25) is 0 Å². The van der Waals surface area contributed by atoms with Crippen LogP contribution in [0.5, 0.6) is 0 Å². The Hall–Kier alpha value is -0.410. The molecule has 3 heteroatoms. The summed E-state index contributed by atoms with van der Waals surface area (Å²) in [6.07, 6.45) is 3.34. The molecule has 0 aliphatic carbocycles. The van der Waals surface area contributed by atoms with Crippen molar-refractivity contribution in [3.8, 4) is 0 Å². The Kier molecular flexibility index (Phi) is 4.08. The summed E-state index contributed by atoms with van der Waals surface area (Å²) in [5, 5.41) is 3.43. The third kappa shape index (κ3) is 3.39. The normalized spacial score (nSPS) is 12.0. The number of hydrogen-bond donors (Lipinski definition) is 1. The zero-order valence-corrected chi connectivity index (χ0v) is 10.2. The molecule has 0 atom stereocenters. The van der Waals surface area contributed by atoms with Gasteiger partial charge in [-0.05, 0) is 25.8 Å². The molecule has 0 saturated heterocycles. The molecule has 0 amide bonds. The van der Waals surface area contributed by atoms with Gasteiger partial charge >= 0.3 is 0 Å². The van der Waals surface area contributed by atoms with E-state index in [4.69, 9.17) is 5.73 Å². The highest BCUT2D eigenvalue weighted by Gasteiger charge is 2.16. The maximum absolute atomic E-state index is 5.45. The number of aryl methyl sites for hydroxylation is 1. The van der Waals surface area contributed by atoms with Gasteiger partial charge in [0.1, 0.15) is 0 Å². The molecule has 0 radical (unpaired) electrons. The van der Waals surface area contributed by atoms with Crippen LogP contribution in [0.25, 0.3) is 0 Å². The Morgan fingerprint density at radius 3 is 2.57 bits per heavy atom. The third-order valence-electron chi connectivity index (χ3n) is 2.16. The van der Waals surface area contributed by atoms with Crippen molar-refractivity contribution in [3.63, 3.8) is 0 Å². The van der Waals surface area contributed by atoms with Crippen molar-refractivity contribution >= 4 is 11.3 Å². The first kappa shape index (κ1) is 11.7. The maximum atomic E-state index is 5.45. The standard InChI is InChI=1S/C11H20N2S/c1-11(2,3)9-8-14-10(13-9)6-4-5-7-12/h8H,4-7,12H2,1-3H3. The highest BCUT2D eigenvalue weighted by atomic mass is 32.1. The van der Waals surface area contributed by atoms with Crippen molar-refractivity contribution in [2.45, 2.75) is 45.4 Å². The molecule has 0 unspecified atom stereocenters. The Balaban J connectivity index is 2.51. The molecular weight excluding hydrogens is 192 g/mol. The molecule has 0 spiro atoms. The van der Waals surface area contributed by atoms with E-state index in [-0.39, 0.29) is 5.41 Å². The zero-order valence-electron chi connectivity index (χ0n) is 9.34. The molecule has 0 fully saturated rings. The molecule has 1 aromatic rings. The molecule has 80 valence electrons. The predicted octanol–water partition coefficient (Wildman–Crippen LogP) is 2.72. The van der Waals surface area contributed by atoms with Crippen LogP contribution in [0.2, 0.25) is 0 Å². The monoisotopic (exact) mass is 212 g/mol. The van der Waals surface area contributed by atoms with Gasteiger partial charge in [0.25, 0.3) is 0 Å². The fourth-order valence-electron chi connectivity index (χ4n) is 1.19. The van der Waals surface area contributed by atoms with Crippen molar-refractivity contribution in [2.24, 2.45) is 5.73 Å². The second-order valence-electron chi connectivity index (χ2n) is 4.62. The van der Waals surface area contributed by atoms with Gasteiger partial charge in [0.15, 0.2) is 0 Å². The number of thiazole rings is 1. The fourth-order valence-corrected chi connectivity index (χ4v) is 2.26. The van der Waals surface area contributed by atoms with E-state index in [1.54, 1.807) is 11.3 Å². The summed E-state index contributed by atoms with van der Waals surface area (Å²) in [4.78, 5) is 4.63. The zero-order chi connectivity index (χ0) is 10.6. The van der Waals surface area contributed by atoms with Crippen molar-refractivity contribution in [2.75, 3.05) is 6.54 Å². The molecule has 0 aromatic carbocycles. The Morgan fingerprint density at radius 2 is 2.07 bits per heavy atom. The summed E-state index contributed by atoms with van der Waals surface area (Å²) in [6, 6.07) is 0. The molecule has 2 nitrogen and oxygen atoms in total. The Morgan fingerprint density at radius 1 is 1.36 bits per heavy atom. The molecule has 2 N–H and O–H groups in total. The van der Waals surface area contributed by atoms with E-state index in [1.807, 2.05) is 0 Å². The second-order valence-corrected chi connectivity index (χ2v) is 5.56. The summed E-state index contributed by atoms with van der Waals surface area (Å²) in [6.45, 7) is 7.39. The smallest absolute Gasteiger partial charge is 0.0928 e. The van der Waals surface area contributed by atoms with Crippen LogP contribution in [0.15, 0.2) is 5.38 Å². The number of nitrogens with zero attached hydrogens (tertiary/aromatic N) is 1. The quantitative estimate of drug-likeness (QED) is 0.779. The number of rotatable bonds is 4. The van der Waals surface area contributed by atoms with Gasteiger partial charge in [-0.15, -0.1) is 11.3 Å². The largest absolute Gasteiger partial charge is 0.330 e. The first-order valence-corrected chi connectivity index (χ1v) is 6.07. The minimum Gasteiger partial charge on any atom is -0.330 e. The van der Waals surface area contributed by atoms with Crippen LogP contribution in [-0.2, 0) is 11.8 Å². The van der Waals surface area contributed by atoms with E-state index in [0.717, 1.165) is 25.8 Å². The van der Waals surface area contributed by atoms with Crippen LogP contribution in [0.1, 0.15) is 44.3 Å². The molecule has 0 aliphatic heterocycles. The van der Waals surface area contributed by atoms with E-state index in [9.17, 15) is 0 Å². The fraction of sp³-hybridized carbons (Fsp3) is 0.727. The van der Waals surface area contributed by atoms with Gasteiger partial charge in [0, 0.05) is 10.8 Å². The molecule has 14 heavy (non-hydrogen) atoms. The predicted molar refractivity (Wildman–Crippen MR) is 62.8 cm³/mol. The van der Waals surface area contributed by atoms with Gasteiger partial charge in [-0.2, -0.15) is 0 Å². The van der Waals surface area contributed by atoms with E-state index in [0.29, 0.717) is 0 Å². The van der Waals surface area contributed by atoms with Crippen LogP contribution in [0.4, 0.5) is 0 Å². The van der Waals surface area contributed by atoms with Gasteiger partial charge < -0.3 is 5.73 Å². The minimum absolute atomic E-state index is 0.183. The summed E-state index contributed by atoms with van der Waals surface area (Å²) >= 11 is 1.77. The number of hydrogen-bond acceptors (Lipinski definition) is 3. The van der Waals surface area contributed by atoms with Gasteiger partial charge in [0.2, 0.25) is 0 Å². The van der Waals surface area contributed by atoms with Crippen LogP contribution in [0, 0.1) is 0 Å². The van der Waals surface area contributed by atoms with Crippen molar-refractivity contribution in [3.05, 3.63) is 16.1 Å². The van der Waals surface area contributed by atoms with Gasteiger partial charge in [-0.1, -0.05) is 20.8 Å². The van der Waals surface area contributed by atoms with E-state index >= 15 is 0 Å². The Labute approximate surface area is 90.6 Å². The molecule has 1 rings (SSSR count). The maximum Gasteiger partial charge on any atom is 0.0928 e. The lowest BCUT2D eigenvalue weighted by molar-refractivity contribution is 0.570. The van der Waals surface area contributed by atoms with Crippen molar-refractivity contribution in [1.82, 2.24) is 4.98 Å². The molecule has 0 saturated carbocycles. The lowest BCUT2D eigenvalue weighted by Gasteiger charge is -2.14. The van der Waals surface area contributed by atoms with Gasteiger partial charge in [0.05, 0.1) is 10.7 Å². The second kappa shape index (κ2) is 4.89. The summed E-state index contributed by atoms with van der Waals surface area (Å²) in [5.74, 6) is 0. The molecular formula is C11H20N2S. The van der Waals surface area contributed by atoms with E-state index < -0.39 is 0 Å². The van der Waals surface area contributed by atoms with Crippen molar-refractivity contribution < 1.29 is 0 Å². The highest BCUT2D eigenvalue weighted by Crippen LogP contribution is 2.24. The summed E-state index contributed by atoms with van der Waals surface area (Å²) in [5.41, 5.74) is 6.85. The third-order valence-corrected chi connectivity index (χ3v) is 3.07. The first-order valence-electron chi connectivity index (χ1n) is 5.19. The Bertz CT molecular complexity index is 273. The molecule has 1 heterocycles. The van der Waals surface area contributed by atoms with E-state index in [2.05, 4.69) is 31.1 Å².